The monoisotopic (exact) mass is 1050 g/mol. The second kappa shape index (κ2) is 21.1. The first-order valence-corrected chi connectivity index (χ1v) is 26.7. The van der Waals surface area contributed by atoms with Crippen molar-refractivity contribution in [2.75, 3.05) is 33.0 Å². The van der Waals surface area contributed by atoms with Gasteiger partial charge in [0.05, 0.1) is 45.2 Å². The predicted molar refractivity (Wildman–Crippen MR) is 243 cm³/mol. The second-order valence-electron chi connectivity index (χ2n) is 23.7. The van der Waals surface area contributed by atoms with E-state index in [0.717, 1.165) is 38.5 Å². The summed E-state index contributed by atoms with van der Waals surface area (Å²) >= 11 is 0. The number of aliphatic hydroxyl groups excluding tert-OH is 12. The Bertz CT molecular complexity index is 1910. The molecule has 6 heterocycles. The molecule has 73 heavy (non-hydrogen) atoms. The molecule has 0 amide bonds. The lowest BCUT2D eigenvalue weighted by atomic mass is 9.44. The molecule has 418 valence electrons. The molecular weight excluding hydrogens is 969 g/mol. The smallest absolute Gasteiger partial charge is 0.187 e. The Labute approximate surface area is 423 Å². The second-order valence-corrected chi connectivity index (χ2v) is 23.7. The number of rotatable bonds is 11. The number of carbonyl (C=O) groups excluding carboxylic acids is 1. The van der Waals surface area contributed by atoms with Gasteiger partial charge in [-0.05, 0) is 80.0 Å². The van der Waals surface area contributed by atoms with E-state index in [1.165, 1.54) is 0 Å². The molecule has 0 bridgehead atoms. The first kappa shape index (κ1) is 55.1. The summed E-state index contributed by atoms with van der Waals surface area (Å²) in [7, 11) is 0. The predicted octanol–water partition coefficient (Wildman–Crippen LogP) is -3.09. The van der Waals surface area contributed by atoms with Crippen LogP contribution in [0.4, 0.5) is 0 Å². The average Bonchev–Trinajstić information content (AvgIpc) is 3.83. The quantitative estimate of drug-likeness (QED) is 0.0913. The number of hydrogen-bond donors (Lipinski definition) is 12. The Morgan fingerprint density at radius 2 is 1.22 bits per heavy atom. The van der Waals surface area contributed by atoms with Crippen molar-refractivity contribution in [1.29, 1.82) is 0 Å². The summed E-state index contributed by atoms with van der Waals surface area (Å²) in [5.41, 5.74) is -0.628. The SMILES string of the molecule is C[C@H]1CC[C@@]2(OC1)O[C@H]1C[C@H]3[C@@H]4CC[C@H]5C[C@@H](O[C@@H]6O[C@H](CO)[C@H](O[C@@H]7O[C@H](CO)[C@@H](O)[C@H](O[C@@H]8OC[C@@H](O)[C@H](O)[C@H]8O)[C@H]7O[C@@H]7O[C@H](CO)[C@H](O)[C@H](O)[C@H]7O)[C@H](O)[C@H]6O)CC[C@]5(C)[C@H]4CC(=O)[C@]3(C)[C@H]1[C@@H]2C. The molecule has 4 aliphatic carbocycles. The molecule has 31 atom stereocenters. The molecule has 0 aromatic carbocycles. The van der Waals surface area contributed by atoms with E-state index in [0.29, 0.717) is 43.5 Å². The van der Waals surface area contributed by atoms with Crippen LogP contribution >= 0.6 is 0 Å². The number of fused-ring (bicyclic) bond motifs is 7. The Hall–Kier alpha value is -1.21. The first-order chi connectivity index (χ1) is 34.7. The molecule has 10 fully saturated rings. The van der Waals surface area contributed by atoms with Gasteiger partial charge in [0.15, 0.2) is 30.9 Å². The third-order valence-corrected chi connectivity index (χ3v) is 19.9. The Kier molecular flexibility index (Phi) is 15.9. The van der Waals surface area contributed by atoms with Crippen molar-refractivity contribution in [2.24, 2.45) is 52.3 Å². The van der Waals surface area contributed by atoms with E-state index in [-0.39, 0.29) is 41.1 Å². The van der Waals surface area contributed by atoms with E-state index in [4.69, 9.17) is 47.4 Å². The molecule has 6 aliphatic heterocycles. The van der Waals surface area contributed by atoms with Crippen LogP contribution in [-0.4, -0.2) is 235 Å². The van der Waals surface area contributed by atoms with Gasteiger partial charge in [0.25, 0.3) is 0 Å². The largest absolute Gasteiger partial charge is 0.394 e. The van der Waals surface area contributed by atoms with Crippen LogP contribution in [0.3, 0.4) is 0 Å². The molecule has 0 aromatic rings. The van der Waals surface area contributed by atoms with Crippen molar-refractivity contribution in [3.8, 4) is 0 Å². The molecule has 12 N–H and O–H groups in total. The Morgan fingerprint density at radius 1 is 0.589 bits per heavy atom. The van der Waals surface area contributed by atoms with Crippen molar-refractivity contribution in [1.82, 2.24) is 0 Å². The maximum Gasteiger partial charge on any atom is 0.187 e. The number of Topliss-reactive ketones (excluding diaryl/α,β-unsaturated/α-hetero) is 1. The topological polar surface area (TPSA) is 352 Å². The van der Waals surface area contributed by atoms with Crippen molar-refractivity contribution in [3.63, 3.8) is 0 Å². The summed E-state index contributed by atoms with van der Waals surface area (Å²) in [5, 5.41) is 129. The molecule has 10 rings (SSSR count). The number of aliphatic hydroxyl groups is 12. The maximum atomic E-state index is 14.7. The minimum Gasteiger partial charge on any atom is -0.394 e. The molecule has 4 saturated carbocycles. The van der Waals surface area contributed by atoms with E-state index < -0.39 is 160 Å². The van der Waals surface area contributed by atoms with Gasteiger partial charge in [-0.15, -0.1) is 0 Å². The van der Waals surface area contributed by atoms with Crippen LogP contribution in [0.25, 0.3) is 0 Å². The lowest BCUT2D eigenvalue weighted by molar-refractivity contribution is -0.404. The van der Waals surface area contributed by atoms with Gasteiger partial charge in [-0.1, -0.05) is 27.7 Å². The van der Waals surface area contributed by atoms with E-state index >= 15 is 0 Å². The molecule has 0 radical (unpaired) electrons. The standard InChI is InChI=1S/C50H80O23/c1-19-7-10-50(65-17-19)20(2)32-27(73-50)12-25-23-6-5-21-11-22(8-9-48(21,3)24(23)13-31(55)49(25,32)4)66-45-40(63)37(60)41(30(16-53)69-45)70-47-43(72-46-39(62)36(59)34(57)28(14-51)67-46)42(35(58)29(15-52)68-47)71-44-38(61)33(56)26(54)18-64-44/h19-30,32-47,51-54,56-63H,5-18H2,1-4H3/t19-,20-,21-,22-,23+,24-,25-,26+,27-,28+,29+,30+,32-,33-,34-,35+,36-,37+,38+,39+,40+,41-,42-,43+,44-,45+,46-,47-,48-,49+,50+/m0/s1. The minimum absolute atomic E-state index is 0.0117. The lowest BCUT2D eigenvalue weighted by Gasteiger charge is -2.60. The summed E-state index contributed by atoms with van der Waals surface area (Å²) in [4.78, 5) is 14.7. The van der Waals surface area contributed by atoms with Crippen LogP contribution in [-0.2, 0) is 52.2 Å². The molecule has 10 aliphatic rings. The van der Waals surface area contributed by atoms with Gasteiger partial charge in [0.1, 0.15) is 97.3 Å². The Morgan fingerprint density at radius 3 is 1.92 bits per heavy atom. The van der Waals surface area contributed by atoms with Gasteiger partial charge in [-0.3, -0.25) is 4.79 Å². The van der Waals surface area contributed by atoms with Crippen molar-refractivity contribution in [3.05, 3.63) is 0 Å². The highest BCUT2D eigenvalue weighted by Crippen LogP contribution is 2.70. The fourth-order valence-corrected chi connectivity index (χ4v) is 15.6. The van der Waals surface area contributed by atoms with Crippen LogP contribution in [0.1, 0.15) is 85.5 Å². The zero-order valence-electron chi connectivity index (χ0n) is 41.9. The summed E-state index contributed by atoms with van der Waals surface area (Å²) in [6.45, 7) is 6.58. The molecule has 6 saturated heterocycles. The van der Waals surface area contributed by atoms with Gasteiger partial charge in [0, 0.05) is 30.1 Å². The first-order valence-electron chi connectivity index (χ1n) is 26.7. The van der Waals surface area contributed by atoms with Crippen LogP contribution in [0.5, 0.6) is 0 Å². The van der Waals surface area contributed by atoms with Gasteiger partial charge >= 0.3 is 0 Å². The zero-order valence-corrected chi connectivity index (χ0v) is 41.9. The fourth-order valence-electron chi connectivity index (χ4n) is 15.6. The van der Waals surface area contributed by atoms with Gasteiger partial charge in [0.2, 0.25) is 0 Å². The fraction of sp³-hybridized carbons (Fsp3) is 0.980. The summed E-state index contributed by atoms with van der Waals surface area (Å²) in [6.07, 6.45) is -26.6. The normalized spacial score (nSPS) is 57.2. The highest BCUT2D eigenvalue weighted by atomic mass is 16.8. The maximum absolute atomic E-state index is 14.7. The van der Waals surface area contributed by atoms with E-state index in [9.17, 15) is 66.1 Å². The average molecular weight is 1050 g/mol. The highest BCUT2D eigenvalue weighted by molar-refractivity contribution is 5.87. The van der Waals surface area contributed by atoms with Crippen molar-refractivity contribution >= 4 is 5.78 Å². The van der Waals surface area contributed by atoms with Gasteiger partial charge < -0.3 is 109 Å². The highest BCUT2D eigenvalue weighted by Gasteiger charge is 2.72. The summed E-state index contributed by atoms with van der Waals surface area (Å²) < 4.78 is 61.1. The van der Waals surface area contributed by atoms with Crippen LogP contribution in [0.15, 0.2) is 0 Å². The van der Waals surface area contributed by atoms with E-state index in [1.54, 1.807) is 0 Å². The molecule has 23 nitrogen and oxygen atoms in total. The number of hydrogen-bond acceptors (Lipinski definition) is 23. The third kappa shape index (κ3) is 9.30. The zero-order chi connectivity index (χ0) is 52.2. The van der Waals surface area contributed by atoms with Gasteiger partial charge in [-0.25, -0.2) is 0 Å². The van der Waals surface area contributed by atoms with Crippen molar-refractivity contribution < 1.29 is 113 Å². The lowest BCUT2D eigenvalue weighted by Crippen LogP contribution is -2.68. The summed E-state index contributed by atoms with van der Waals surface area (Å²) in [6, 6.07) is 0. The molecule has 23 heteroatoms. The van der Waals surface area contributed by atoms with Crippen molar-refractivity contribution in [2.45, 2.75) is 220 Å². The Balaban J connectivity index is 0.820. The van der Waals surface area contributed by atoms with E-state index in [1.807, 2.05) is 0 Å². The van der Waals surface area contributed by atoms with Crippen LogP contribution < -0.4 is 0 Å². The molecule has 0 aromatic heterocycles. The summed E-state index contributed by atoms with van der Waals surface area (Å²) in [5.74, 6) is 1.40. The molecule has 1 spiro atoms. The van der Waals surface area contributed by atoms with E-state index in [2.05, 4.69) is 27.7 Å². The van der Waals surface area contributed by atoms with Crippen LogP contribution in [0.2, 0.25) is 0 Å². The minimum atomic E-state index is -2.01. The van der Waals surface area contributed by atoms with Gasteiger partial charge in [-0.2, -0.15) is 0 Å². The number of ketones is 1. The number of ether oxygens (including phenoxy) is 10. The van der Waals surface area contributed by atoms with Crippen LogP contribution in [0, 0.1) is 52.3 Å². The number of carbonyl (C=O) groups is 1. The molecule has 0 unspecified atom stereocenters. The molecular formula is C50H80O23. The third-order valence-electron chi connectivity index (χ3n) is 19.9.